The summed E-state index contributed by atoms with van der Waals surface area (Å²) >= 11 is 0. The van der Waals surface area contributed by atoms with Crippen molar-refractivity contribution in [3.8, 4) is 29.1 Å². The highest BCUT2D eigenvalue weighted by atomic mass is 31.2. The second kappa shape index (κ2) is 22.4. The summed E-state index contributed by atoms with van der Waals surface area (Å²) in [5.74, 6) is 1.87. The Morgan fingerprint density at radius 3 is 2.19 bits per heavy atom. The van der Waals surface area contributed by atoms with E-state index in [-0.39, 0.29) is 78.2 Å². The molecule has 5 atom stereocenters. The summed E-state index contributed by atoms with van der Waals surface area (Å²) in [6.45, 7) is 9.08. The molecule has 2 aliphatic rings. The van der Waals surface area contributed by atoms with E-state index < -0.39 is 61.8 Å². The van der Waals surface area contributed by atoms with E-state index in [4.69, 9.17) is 47.2 Å². The summed E-state index contributed by atoms with van der Waals surface area (Å²) in [6.07, 6.45) is -3.21. The van der Waals surface area contributed by atoms with E-state index in [1.165, 1.54) is 25.4 Å². The number of ether oxygens (including phenoxy) is 7. The molecule has 2 aromatic heterocycles. The van der Waals surface area contributed by atoms with Gasteiger partial charge in [-0.05, 0) is 81.6 Å². The van der Waals surface area contributed by atoms with Crippen LogP contribution in [0, 0.1) is 21.4 Å². The third kappa shape index (κ3) is 10.8. The Labute approximate surface area is 416 Å². The first-order chi connectivity index (χ1) is 34.7. The van der Waals surface area contributed by atoms with Crippen LogP contribution >= 0.6 is 8.53 Å². The Morgan fingerprint density at radius 1 is 0.972 bits per heavy atom. The van der Waals surface area contributed by atoms with Crippen molar-refractivity contribution in [2.45, 2.75) is 89.6 Å². The molecule has 0 spiro atoms. The number of nitrogens with zero attached hydrogens (tertiary/aromatic N) is 6. The molecule has 72 heavy (non-hydrogen) atoms. The zero-order valence-electron chi connectivity index (χ0n) is 40.7. The maximum atomic E-state index is 14.1. The van der Waals surface area contributed by atoms with Gasteiger partial charge in [-0.15, -0.1) is 0 Å². The quantitative estimate of drug-likeness (QED) is 0.0170. The highest BCUT2D eigenvalue weighted by Crippen LogP contribution is 2.50. The van der Waals surface area contributed by atoms with Crippen molar-refractivity contribution in [1.82, 2.24) is 24.2 Å². The number of nitriles is 1. The van der Waals surface area contributed by atoms with Crippen molar-refractivity contribution in [1.29, 1.82) is 5.26 Å². The number of fused-ring (bicyclic) bond motifs is 2. The Morgan fingerprint density at radius 2 is 1.60 bits per heavy atom. The lowest BCUT2D eigenvalue weighted by molar-refractivity contribution is -0.386. The van der Waals surface area contributed by atoms with Gasteiger partial charge in [0.1, 0.15) is 42.1 Å². The number of nitro benzene ring substituents is 1. The van der Waals surface area contributed by atoms with Gasteiger partial charge in [0, 0.05) is 18.5 Å². The van der Waals surface area contributed by atoms with Gasteiger partial charge in [-0.1, -0.05) is 54.6 Å². The molecular formula is C50H55N8O13P. The largest absolute Gasteiger partial charge is 0.508 e. The molecule has 8 rings (SSSR count). The molecular weight excluding hydrogens is 952 g/mol. The first-order valence-corrected chi connectivity index (χ1v) is 24.3. The molecule has 1 fully saturated rings. The minimum absolute atomic E-state index is 0.0311. The highest BCUT2D eigenvalue weighted by molar-refractivity contribution is 7.44. The molecule has 0 bridgehead atoms. The number of hydrogen-bond donors (Lipinski definition) is 2. The van der Waals surface area contributed by atoms with Crippen LogP contribution in [0.4, 0.5) is 16.4 Å². The van der Waals surface area contributed by atoms with Crippen molar-refractivity contribution >= 4 is 37.5 Å². The van der Waals surface area contributed by atoms with E-state index in [1.54, 1.807) is 18.8 Å². The molecule has 0 amide bonds. The lowest BCUT2D eigenvalue weighted by Gasteiger charge is -2.37. The Kier molecular flexibility index (Phi) is 15.9. The molecule has 22 heteroatoms. The SMILES string of the molecule is COc1ccc(C(Nc2nc3c(ncn3[C@H]3C[C@H](OP(OCCC#N)N(C(C)C)C(C)C)[C@@H](COC(=O)OC(C)c4cc5c(cc4[N+](=O)[O-])OCO5)O3)c(=O)[nH]2)(c2ccccc2)c2ccc(OC)cc2)cc1. The normalized spacial score (nSPS) is 17.2. The molecule has 0 radical (unpaired) electrons. The van der Waals surface area contributed by atoms with Gasteiger partial charge in [0.05, 0.1) is 62.3 Å². The predicted octanol–water partition coefficient (Wildman–Crippen LogP) is 9.04. The summed E-state index contributed by atoms with van der Waals surface area (Å²) in [4.78, 5) is 51.3. The van der Waals surface area contributed by atoms with Crippen molar-refractivity contribution in [2.75, 3.05) is 39.5 Å². The molecule has 0 saturated carbocycles. The van der Waals surface area contributed by atoms with Crippen LogP contribution in [-0.2, 0) is 28.8 Å². The maximum absolute atomic E-state index is 14.1. The fourth-order valence-electron chi connectivity index (χ4n) is 8.83. The van der Waals surface area contributed by atoms with Crippen LogP contribution in [0.25, 0.3) is 11.2 Å². The van der Waals surface area contributed by atoms with Crippen LogP contribution in [-0.4, -0.2) is 93.8 Å². The first kappa shape index (κ1) is 51.0. The smallest absolute Gasteiger partial charge is 0.497 e. The van der Waals surface area contributed by atoms with Crippen molar-refractivity contribution in [3.63, 3.8) is 0 Å². The molecule has 2 N–H and O–H groups in total. The minimum Gasteiger partial charge on any atom is -0.497 e. The summed E-state index contributed by atoms with van der Waals surface area (Å²) in [5.41, 5.74) is 0.683. The number of H-pyrrole nitrogens is 1. The van der Waals surface area contributed by atoms with Crippen LogP contribution < -0.4 is 29.8 Å². The second-order valence-electron chi connectivity index (χ2n) is 17.3. The van der Waals surface area contributed by atoms with Gasteiger partial charge in [0.2, 0.25) is 12.7 Å². The monoisotopic (exact) mass is 1010 g/mol. The van der Waals surface area contributed by atoms with Gasteiger partial charge in [-0.25, -0.2) is 14.4 Å². The van der Waals surface area contributed by atoms with Crippen molar-refractivity contribution in [2.24, 2.45) is 0 Å². The second-order valence-corrected chi connectivity index (χ2v) is 18.7. The van der Waals surface area contributed by atoms with E-state index in [0.717, 1.165) is 16.7 Å². The van der Waals surface area contributed by atoms with Gasteiger partial charge < -0.3 is 47.5 Å². The first-order valence-electron chi connectivity index (χ1n) is 23.2. The Bertz CT molecular complexity index is 2890. The molecule has 2 aliphatic heterocycles. The Balaban J connectivity index is 1.14. The maximum Gasteiger partial charge on any atom is 0.508 e. The van der Waals surface area contributed by atoms with Gasteiger partial charge >= 0.3 is 6.16 Å². The molecule has 0 aliphatic carbocycles. The summed E-state index contributed by atoms with van der Waals surface area (Å²) in [5, 5.41) is 25.0. The number of imidazole rings is 1. The summed E-state index contributed by atoms with van der Waals surface area (Å²) in [6, 6.07) is 29.6. The summed E-state index contributed by atoms with van der Waals surface area (Å²) < 4.78 is 56.4. The number of rotatable bonds is 21. The lowest BCUT2D eigenvalue weighted by atomic mass is 9.77. The van der Waals surface area contributed by atoms with Gasteiger partial charge in [0.15, 0.2) is 22.7 Å². The fourth-order valence-corrected chi connectivity index (χ4v) is 10.6. The number of nitrogens with one attached hydrogen (secondary N) is 2. The minimum atomic E-state index is -1.82. The number of nitro groups is 1. The van der Waals surface area contributed by atoms with Crippen molar-refractivity contribution in [3.05, 3.63) is 140 Å². The zero-order valence-corrected chi connectivity index (χ0v) is 41.6. The highest BCUT2D eigenvalue weighted by Gasteiger charge is 2.43. The number of aromatic nitrogens is 4. The predicted molar refractivity (Wildman–Crippen MR) is 263 cm³/mol. The molecule has 2 unspecified atom stereocenters. The van der Waals surface area contributed by atoms with Gasteiger partial charge in [-0.3, -0.25) is 24.5 Å². The number of methoxy groups -OCH3 is 2. The fraction of sp³-hybridized carbons (Fsp3) is 0.380. The lowest BCUT2D eigenvalue weighted by Crippen LogP contribution is -2.39. The van der Waals surface area contributed by atoms with E-state index in [1.807, 2.05) is 107 Å². The number of anilines is 1. The van der Waals surface area contributed by atoms with E-state index in [9.17, 15) is 25.0 Å². The standard InChI is InChI=1S/C50H55N8O13P/c1-30(2)57(31(3)4)72(68-23-11-22-51)71-42-26-44(70-43(42)27-65-49(60)69-32(5)38-24-40-41(67-29-66-40)25-39(38)58(61)62)56-28-52-45-46(56)53-48(54-47(45)59)55-50(33-12-9-8-10-13-33,34-14-18-36(63-6)19-15-34)35-16-20-37(64-7)21-17-35/h8-10,12-21,24-25,28,30-32,42-44H,11,23,26-27,29H2,1-7H3,(H2,53,54,55,59)/t32?,42-,43+,44+,72?/m0/s1. The number of hydrogen-bond acceptors (Lipinski definition) is 18. The number of carbonyl (C=O) groups excluding carboxylic acids is 1. The van der Waals surface area contributed by atoms with E-state index >= 15 is 0 Å². The van der Waals surface area contributed by atoms with Crippen LogP contribution in [0.5, 0.6) is 23.0 Å². The van der Waals surface area contributed by atoms with Crippen LogP contribution in [0.15, 0.2) is 102 Å². The van der Waals surface area contributed by atoms with Crippen molar-refractivity contribution < 1.29 is 51.9 Å². The molecule has 378 valence electrons. The molecule has 4 heterocycles. The molecule has 6 aromatic rings. The Hall–Kier alpha value is -7.34. The average Bonchev–Trinajstić information content (AvgIpc) is 4.13. The molecule has 1 saturated heterocycles. The summed E-state index contributed by atoms with van der Waals surface area (Å²) in [7, 11) is 1.37. The molecule has 4 aromatic carbocycles. The number of carbonyl (C=O) groups is 1. The van der Waals surface area contributed by atoms with E-state index in [2.05, 4.69) is 26.0 Å². The number of benzene rings is 4. The van der Waals surface area contributed by atoms with Crippen LogP contribution in [0.1, 0.15) is 82.0 Å². The van der Waals surface area contributed by atoms with Gasteiger partial charge in [-0.2, -0.15) is 10.2 Å². The third-order valence-electron chi connectivity index (χ3n) is 12.2. The van der Waals surface area contributed by atoms with E-state index in [0.29, 0.717) is 11.5 Å². The molecule has 21 nitrogen and oxygen atoms in total. The van der Waals surface area contributed by atoms with Gasteiger partial charge in [0.25, 0.3) is 19.8 Å². The topological polar surface area (TPSA) is 246 Å². The zero-order chi connectivity index (χ0) is 51.1. The number of aromatic amines is 1. The average molecular weight is 1010 g/mol. The third-order valence-corrected chi connectivity index (χ3v) is 14.3. The van der Waals surface area contributed by atoms with Crippen LogP contribution in [0.3, 0.4) is 0 Å². The van der Waals surface area contributed by atoms with Crippen LogP contribution in [0.2, 0.25) is 0 Å².